The van der Waals surface area contributed by atoms with E-state index in [0.29, 0.717) is 0 Å². The highest BCUT2D eigenvalue weighted by molar-refractivity contribution is 5.94. The molecule has 2 unspecified atom stereocenters. The van der Waals surface area contributed by atoms with E-state index < -0.39 is 0 Å². The Bertz CT molecular complexity index is 840. The number of fused-ring (bicyclic) bond motifs is 1. The molecule has 2 N–H and O–H groups in total. The van der Waals surface area contributed by atoms with Gasteiger partial charge in [-0.15, -0.1) is 0 Å². The van der Waals surface area contributed by atoms with Gasteiger partial charge in [0.2, 0.25) is 11.8 Å². The second-order valence-corrected chi connectivity index (χ2v) is 7.76. The van der Waals surface area contributed by atoms with E-state index in [0.717, 1.165) is 43.4 Å². The van der Waals surface area contributed by atoms with Crippen molar-refractivity contribution >= 4 is 17.5 Å². The quantitative estimate of drug-likeness (QED) is 0.832. The first-order valence-electron chi connectivity index (χ1n) is 9.91. The molecule has 2 aromatic carbocycles. The molecule has 140 valence electrons. The lowest BCUT2D eigenvalue weighted by Crippen LogP contribution is -2.33. The van der Waals surface area contributed by atoms with Crippen LogP contribution in [0.1, 0.15) is 61.3 Å². The van der Waals surface area contributed by atoms with Gasteiger partial charge >= 0.3 is 0 Å². The van der Waals surface area contributed by atoms with Crippen molar-refractivity contribution in [2.24, 2.45) is 5.92 Å². The molecule has 0 spiro atoms. The predicted octanol–water partition coefficient (Wildman–Crippen LogP) is 4.33. The van der Waals surface area contributed by atoms with E-state index >= 15 is 0 Å². The molecule has 2 amide bonds. The molecule has 4 nitrogen and oxygen atoms in total. The lowest BCUT2D eigenvalue weighted by molar-refractivity contribution is -0.123. The summed E-state index contributed by atoms with van der Waals surface area (Å²) in [5, 5.41) is 6.12. The maximum absolute atomic E-state index is 12.9. The van der Waals surface area contributed by atoms with E-state index in [1.165, 1.54) is 11.1 Å². The Balaban J connectivity index is 1.39. The van der Waals surface area contributed by atoms with Crippen molar-refractivity contribution < 1.29 is 9.59 Å². The van der Waals surface area contributed by atoms with Crippen LogP contribution < -0.4 is 10.6 Å². The van der Waals surface area contributed by atoms with Gasteiger partial charge in [0.05, 0.1) is 12.0 Å². The Labute approximate surface area is 160 Å². The highest BCUT2D eigenvalue weighted by Crippen LogP contribution is 2.32. The van der Waals surface area contributed by atoms with Crippen LogP contribution in [0.4, 0.5) is 5.69 Å². The monoisotopic (exact) mass is 362 g/mol. The number of anilines is 1. The van der Waals surface area contributed by atoms with Crippen molar-refractivity contribution in [3.8, 4) is 0 Å². The molecular weight excluding hydrogens is 336 g/mol. The smallest absolute Gasteiger partial charge is 0.228 e. The Morgan fingerprint density at radius 2 is 1.70 bits per heavy atom. The van der Waals surface area contributed by atoms with Crippen LogP contribution in [0.15, 0.2) is 48.5 Å². The number of aryl methyl sites for hydroxylation is 1. The Morgan fingerprint density at radius 3 is 2.44 bits per heavy atom. The molecule has 2 aliphatic rings. The molecule has 1 fully saturated rings. The van der Waals surface area contributed by atoms with E-state index in [1.807, 2.05) is 43.3 Å². The fourth-order valence-corrected chi connectivity index (χ4v) is 3.87. The molecule has 27 heavy (non-hydrogen) atoms. The van der Waals surface area contributed by atoms with Gasteiger partial charge in [0.1, 0.15) is 0 Å². The summed E-state index contributed by atoms with van der Waals surface area (Å²) in [5.41, 5.74) is 4.33. The number of carbonyl (C=O) groups excluding carboxylic acids is 2. The minimum atomic E-state index is -0.0697. The maximum atomic E-state index is 12.9. The third kappa shape index (κ3) is 4.05. The molecule has 2 atom stereocenters. The summed E-state index contributed by atoms with van der Waals surface area (Å²) in [6, 6.07) is 16.0. The third-order valence-corrected chi connectivity index (χ3v) is 5.67. The summed E-state index contributed by atoms with van der Waals surface area (Å²) in [4.78, 5) is 24.7. The predicted molar refractivity (Wildman–Crippen MR) is 106 cm³/mol. The molecule has 0 saturated heterocycles. The number of nitrogens with one attached hydrogen (secondary N) is 2. The van der Waals surface area contributed by atoms with Gasteiger partial charge in [0, 0.05) is 11.6 Å². The van der Waals surface area contributed by atoms with E-state index in [-0.39, 0.29) is 29.7 Å². The summed E-state index contributed by atoms with van der Waals surface area (Å²) in [6.07, 6.45) is 5.01. The van der Waals surface area contributed by atoms with Gasteiger partial charge in [-0.3, -0.25) is 9.59 Å². The number of rotatable bonds is 5. The minimum absolute atomic E-state index is 0.0606. The van der Waals surface area contributed by atoms with Crippen molar-refractivity contribution in [2.45, 2.75) is 51.0 Å². The molecule has 1 saturated carbocycles. The topological polar surface area (TPSA) is 58.2 Å². The van der Waals surface area contributed by atoms with E-state index in [4.69, 9.17) is 0 Å². The van der Waals surface area contributed by atoms with Crippen molar-refractivity contribution in [1.82, 2.24) is 5.32 Å². The summed E-state index contributed by atoms with van der Waals surface area (Å²) < 4.78 is 0. The van der Waals surface area contributed by atoms with Gasteiger partial charge in [-0.05, 0) is 67.9 Å². The molecular formula is C23H26N2O2. The Hall–Kier alpha value is -2.62. The van der Waals surface area contributed by atoms with E-state index in [9.17, 15) is 9.59 Å². The van der Waals surface area contributed by atoms with Gasteiger partial charge in [-0.25, -0.2) is 0 Å². The molecule has 2 aliphatic carbocycles. The molecule has 0 bridgehead atoms. The van der Waals surface area contributed by atoms with Crippen molar-refractivity contribution in [2.75, 3.05) is 5.32 Å². The molecule has 2 aromatic rings. The zero-order valence-corrected chi connectivity index (χ0v) is 15.7. The van der Waals surface area contributed by atoms with Gasteiger partial charge in [-0.1, -0.05) is 36.4 Å². The molecule has 0 heterocycles. The Kier molecular flexibility index (Phi) is 4.97. The first kappa shape index (κ1) is 17.8. The fraction of sp³-hybridized carbons (Fsp3) is 0.391. The largest absolute Gasteiger partial charge is 0.349 e. The van der Waals surface area contributed by atoms with Crippen LogP contribution in [0.5, 0.6) is 0 Å². The van der Waals surface area contributed by atoms with Crippen LogP contribution in [0, 0.1) is 5.92 Å². The second kappa shape index (κ2) is 7.55. The first-order chi connectivity index (χ1) is 13.1. The number of hydrogen-bond acceptors (Lipinski definition) is 2. The summed E-state index contributed by atoms with van der Waals surface area (Å²) in [6.45, 7) is 2.00. The van der Waals surface area contributed by atoms with Crippen molar-refractivity contribution in [1.29, 1.82) is 0 Å². The van der Waals surface area contributed by atoms with Crippen LogP contribution in [0.3, 0.4) is 0 Å². The van der Waals surface area contributed by atoms with Crippen LogP contribution in [0.25, 0.3) is 0 Å². The lowest BCUT2D eigenvalue weighted by atomic mass is 9.82. The SMILES string of the molecule is CC(NC(=O)C1CCCc2ccccc21)c1ccc(NC(=O)C2CC2)cc1. The molecule has 4 rings (SSSR count). The molecule has 4 heteroatoms. The van der Waals surface area contributed by atoms with Gasteiger partial charge < -0.3 is 10.6 Å². The summed E-state index contributed by atoms with van der Waals surface area (Å²) >= 11 is 0. The van der Waals surface area contributed by atoms with Gasteiger partial charge in [0.15, 0.2) is 0 Å². The van der Waals surface area contributed by atoms with Gasteiger partial charge in [-0.2, -0.15) is 0 Å². The Morgan fingerprint density at radius 1 is 0.963 bits per heavy atom. The zero-order valence-electron chi connectivity index (χ0n) is 15.7. The molecule has 0 radical (unpaired) electrons. The summed E-state index contributed by atoms with van der Waals surface area (Å²) in [7, 11) is 0. The normalized spacial score (nSPS) is 19.7. The average Bonchev–Trinajstić information content (AvgIpc) is 3.53. The van der Waals surface area contributed by atoms with Crippen LogP contribution in [-0.2, 0) is 16.0 Å². The second-order valence-electron chi connectivity index (χ2n) is 7.76. The highest BCUT2D eigenvalue weighted by Gasteiger charge is 2.29. The molecule has 0 aliphatic heterocycles. The molecule has 0 aromatic heterocycles. The van der Waals surface area contributed by atoms with Gasteiger partial charge in [0.25, 0.3) is 0 Å². The standard InChI is InChI=1S/C23H26N2O2/c1-15(16-11-13-19(14-12-16)25-22(26)18-9-10-18)24-23(27)21-8-4-6-17-5-2-3-7-20(17)21/h2-3,5,7,11-15,18,21H,4,6,8-10H2,1H3,(H,24,27)(H,25,26). The van der Waals surface area contributed by atoms with Crippen LogP contribution >= 0.6 is 0 Å². The number of carbonyl (C=O) groups is 2. The fourth-order valence-electron chi connectivity index (χ4n) is 3.87. The summed E-state index contributed by atoms with van der Waals surface area (Å²) in [5.74, 6) is 0.344. The number of benzene rings is 2. The zero-order chi connectivity index (χ0) is 18.8. The van der Waals surface area contributed by atoms with E-state index in [1.54, 1.807) is 0 Å². The van der Waals surface area contributed by atoms with Crippen molar-refractivity contribution in [3.63, 3.8) is 0 Å². The lowest BCUT2D eigenvalue weighted by Gasteiger charge is -2.26. The highest BCUT2D eigenvalue weighted by atomic mass is 16.2. The third-order valence-electron chi connectivity index (χ3n) is 5.67. The van der Waals surface area contributed by atoms with Crippen molar-refractivity contribution in [3.05, 3.63) is 65.2 Å². The number of hydrogen-bond donors (Lipinski definition) is 2. The van der Waals surface area contributed by atoms with E-state index in [2.05, 4.69) is 22.8 Å². The van der Waals surface area contributed by atoms with Crippen LogP contribution in [0.2, 0.25) is 0 Å². The van der Waals surface area contributed by atoms with Crippen LogP contribution in [-0.4, -0.2) is 11.8 Å². The first-order valence-corrected chi connectivity index (χ1v) is 9.91. The average molecular weight is 362 g/mol. The number of amides is 2. The maximum Gasteiger partial charge on any atom is 0.228 e. The minimum Gasteiger partial charge on any atom is -0.349 e.